The first-order valence-corrected chi connectivity index (χ1v) is 6.22. The highest BCUT2D eigenvalue weighted by atomic mass is 32.1. The van der Waals surface area contributed by atoms with Gasteiger partial charge in [0.2, 0.25) is 5.13 Å². The van der Waals surface area contributed by atoms with Crippen LogP contribution in [-0.4, -0.2) is 27.4 Å². The molecule has 1 aromatic carbocycles. The molecule has 7 heteroatoms. The summed E-state index contributed by atoms with van der Waals surface area (Å²) in [5.41, 5.74) is 4.05. The number of anilines is 1. The van der Waals surface area contributed by atoms with Crippen molar-refractivity contribution in [2.75, 3.05) is 5.43 Å². The lowest BCUT2D eigenvalue weighted by Crippen LogP contribution is -1.98. The number of rotatable bonds is 4. The van der Waals surface area contributed by atoms with Crippen LogP contribution in [0, 0.1) is 6.92 Å². The Hall–Kier alpha value is -2.41. The number of carboxylic acid groups (broad SMARTS) is 1. The third-order valence-electron chi connectivity index (χ3n) is 2.24. The predicted molar refractivity (Wildman–Crippen MR) is 73.1 cm³/mol. The molecule has 0 radical (unpaired) electrons. The van der Waals surface area contributed by atoms with Crippen LogP contribution in [0.5, 0.6) is 5.75 Å². The molecule has 0 bridgehead atoms. The summed E-state index contributed by atoms with van der Waals surface area (Å²) in [5.74, 6) is -1.45. The average Bonchev–Trinajstić information content (AvgIpc) is 2.77. The molecule has 0 spiro atoms. The molecule has 19 heavy (non-hydrogen) atoms. The topological polar surface area (TPSA) is 94.8 Å². The number of nitrogens with zero attached hydrogens (tertiary/aromatic N) is 2. The van der Waals surface area contributed by atoms with Gasteiger partial charge in [0, 0.05) is 5.38 Å². The lowest BCUT2D eigenvalue weighted by atomic mass is 10.1. The van der Waals surface area contributed by atoms with E-state index in [4.69, 9.17) is 5.11 Å². The van der Waals surface area contributed by atoms with Gasteiger partial charge in [0.05, 0.1) is 11.9 Å². The molecule has 0 aliphatic carbocycles. The van der Waals surface area contributed by atoms with Gasteiger partial charge >= 0.3 is 5.97 Å². The second-order valence-electron chi connectivity index (χ2n) is 3.75. The Morgan fingerprint density at radius 3 is 2.95 bits per heavy atom. The van der Waals surface area contributed by atoms with E-state index in [-0.39, 0.29) is 11.3 Å². The number of benzene rings is 1. The van der Waals surface area contributed by atoms with E-state index in [0.29, 0.717) is 10.7 Å². The summed E-state index contributed by atoms with van der Waals surface area (Å²) in [6.45, 7) is 1.88. The van der Waals surface area contributed by atoms with Gasteiger partial charge in [0.25, 0.3) is 0 Å². The third kappa shape index (κ3) is 3.29. The van der Waals surface area contributed by atoms with Crippen LogP contribution in [0.4, 0.5) is 5.13 Å². The minimum absolute atomic E-state index is 0.158. The molecule has 0 fully saturated rings. The fourth-order valence-electron chi connectivity index (χ4n) is 1.37. The van der Waals surface area contributed by atoms with Crippen LogP contribution in [0.2, 0.25) is 0 Å². The van der Waals surface area contributed by atoms with Gasteiger partial charge in [-0.15, -0.1) is 11.3 Å². The molecule has 2 aromatic rings. The molecule has 0 aliphatic heterocycles. The summed E-state index contributed by atoms with van der Waals surface area (Å²) < 4.78 is 0. The zero-order valence-electron chi connectivity index (χ0n) is 9.99. The lowest BCUT2D eigenvalue weighted by Gasteiger charge is -2.00. The highest BCUT2D eigenvalue weighted by molar-refractivity contribution is 7.13. The average molecular weight is 277 g/mol. The number of aromatic nitrogens is 1. The van der Waals surface area contributed by atoms with E-state index in [0.717, 1.165) is 5.69 Å². The van der Waals surface area contributed by atoms with Crippen LogP contribution in [0.25, 0.3) is 0 Å². The molecule has 6 nitrogen and oxygen atoms in total. The number of carbonyl (C=O) groups is 1. The normalized spacial score (nSPS) is 10.8. The van der Waals surface area contributed by atoms with Crippen LogP contribution < -0.4 is 5.43 Å². The minimum Gasteiger partial charge on any atom is -0.507 e. The van der Waals surface area contributed by atoms with Crippen LogP contribution in [0.15, 0.2) is 28.7 Å². The molecule has 3 N–H and O–H groups in total. The van der Waals surface area contributed by atoms with E-state index < -0.39 is 5.97 Å². The Morgan fingerprint density at radius 2 is 2.32 bits per heavy atom. The first-order chi connectivity index (χ1) is 9.06. The number of aromatic carboxylic acids is 1. The summed E-state index contributed by atoms with van der Waals surface area (Å²) in [6, 6.07) is 4.23. The monoisotopic (exact) mass is 277 g/mol. The van der Waals surface area contributed by atoms with Crippen LogP contribution in [-0.2, 0) is 0 Å². The molecule has 0 saturated heterocycles. The van der Waals surface area contributed by atoms with Crippen molar-refractivity contribution in [3.63, 3.8) is 0 Å². The van der Waals surface area contributed by atoms with Gasteiger partial charge < -0.3 is 10.2 Å². The minimum atomic E-state index is -1.18. The Balaban J connectivity index is 2.10. The molecule has 2 rings (SSSR count). The highest BCUT2D eigenvalue weighted by Crippen LogP contribution is 2.18. The standard InChI is InChI=1S/C12H11N3O3S/c1-7-6-19-12(14-7)15-13-5-8-2-3-10(16)9(4-8)11(17)18/h2-6,16H,1H3,(H,14,15)(H,17,18). The van der Waals surface area contributed by atoms with E-state index >= 15 is 0 Å². The Bertz CT molecular complexity index is 637. The number of thiazole rings is 1. The van der Waals surface area contributed by atoms with Gasteiger partial charge in [-0.25, -0.2) is 9.78 Å². The first kappa shape index (κ1) is 13.0. The summed E-state index contributed by atoms with van der Waals surface area (Å²) in [7, 11) is 0. The Morgan fingerprint density at radius 1 is 1.53 bits per heavy atom. The van der Waals surface area contributed by atoms with Crippen molar-refractivity contribution in [3.8, 4) is 5.75 Å². The lowest BCUT2D eigenvalue weighted by molar-refractivity contribution is 0.0693. The van der Waals surface area contributed by atoms with Crippen molar-refractivity contribution in [2.24, 2.45) is 5.10 Å². The smallest absolute Gasteiger partial charge is 0.339 e. The number of aromatic hydroxyl groups is 1. The van der Waals surface area contributed by atoms with E-state index in [1.165, 1.54) is 29.7 Å². The van der Waals surface area contributed by atoms with Crippen molar-refractivity contribution < 1.29 is 15.0 Å². The quantitative estimate of drug-likeness (QED) is 0.588. The SMILES string of the molecule is Cc1csc(NN=Cc2ccc(O)c(C(=O)O)c2)n1. The maximum absolute atomic E-state index is 10.8. The van der Waals surface area contributed by atoms with Crippen molar-refractivity contribution >= 4 is 28.7 Å². The maximum Gasteiger partial charge on any atom is 0.339 e. The molecule has 0 saturated carbocycles. The Labute approximate surface area is 113 Å². The highest BCUT2D eigenvalue weighted by Gasteiger charge is 2.09. The first-order valence-electron chi connectivity index (χ1n) is 5.34. The van der Waals surface area contributed by atoms with E-state index in [2.05, 4.69) is 15.5 Å². The van der Waals surface area contributed by atoms with Crippen LogP contribution in [0.1, 0.15) is 21.6 Å². The van der Waals surface area contributed by atoms with E-state index in [9.17, 15) is 9.90 Å². The van der Waals surface area contributed by atoms with Gasteiger partial charge in [-0.1, -0.05) is 0 Å². The summed E-state index contributed by atoms with van der Waals surface area (Å²) >= 11 is 1.43. The van der Waals surface area contributed by atoms with Crippen LogP contribution >= 0.6 is 11.3 Å². The summed E-state index contributed by atoms with van der Waals surface area (Å²) in [6.07, 6.45) is 1.46. The van der Waals surface area contributed by atoms with E-state index in [1.54, 1.807) is 6.07 Å². The van der Waals surface area contributed by atoms with Crippen molar-refractivity contribution in [1.29, 1.82) is 0 Å². The number of nitrogens with one attached hydrogen (secondary N) is 1. The molecule has 0 unspecified atom stereocenters. The zero-order valence-corrected chi connectivity index (χ0v) is 10.8. The van der Waals surface area contributed by atoms with Gasteiger partial charge in [-0.3, -0.25) is 5.43 Å². The molecule has 1 aromatic heterocycles. The molecule has 0 amide bonds. The number of hydrogen-bond donors (Lipinski definition) is 3. The van der Waals surface area contributed by atoms with Crippen molar-refractivity contribution in [3.05, 3.63) is 40.4 Å². The van der Waals surface area contributed by atoms with E-state index in [1.807, 2.05) is 12.3 Å². The van der Waals surface area contributed by atoms with Gasteiger partial charge in [-0.2, -0.15) is 5.10 Å². The predicted octanol–water partition coefficient (Wildman–Crippen LogP) is 2.30. The largest absolute Gasteiger partial charge is 0.507 e. The number of hydrazone groups is 1. The van der Waals surface area contributed by atoms with Crippen molar-refractivity contribution in [1.82, 2.24) is 4.98 Å². The fourth-order valence-corrected chi connectivity index (χ4v) is 2.01. The van der Waals surface area contributed by atoms with Gasteiger partial charge in [-0.05, 0) is 30.7 Å². The molecule has 0 aliphatic rings. The maximum atomic E-state index is 10.8. The molecule has 98 valence electrons. The third-order valence-corrected chi connectivity index (χ3v) is 3.11. The van der Waals surface area contributed by atoms with Crippen LogP contribution in [0.3, 0.4) is 0 Å². The second-order valence-corrected chi connectivity index (χ2v) is 4.60. The summed E-state index contributed by atoms with van der Waals surface area (Å²) in [5, 5.41) is 24.7. The number of phenols is 1. The van der Waals surface area contributed by atoms with Gasteiger partial charge in [0.15, 0.2) is 0 Å². The second kappa shape index (κ2) is 5.49. The zero-order chi connectivity index (χ0) is 13.8. The molecule has 0 atom stereocenters. The summed E-state index contributed by atoms with van der Waals surface area (Å²) in [4.78, 5) is 15.0. The number of hydrogen-bond acceptors (Lipinski definition) is 6. The fraction of sp³-hybridized carbons (Fsp3) is 0.0833. The number of carboxylic acids is 1. The number of aryl methyl sites for hydroxylation is 1. The molecular formula is C12H11N3O3S. The van der Waals surface area contributed by atoms with Gasteiger partial charge in [0.1, 0.15) is 11.3 Å². The molecule has 1 heterocycles. The van der Waals surface area contributed by atoms with Crippen molar-refractivity contribution in [2.45, 2.75) is 6.92 Å². The molecular weight excluding hydrogens is 266 g/mol. The Kier molecular flexibility index (Phi) is 3.76.